The van der Waals surface area contributed by atoms with E-state index in [4.69, 9.17) is 5.73 Å². The van der Waals surface area contributed by atoms with E-state index in [2.05, 4.69) is 0 Å². The predicted molar refractivity (Wildman–Crippen MR) is 67.7 cm³/mol. The summed E-state index contributed by atoms with van der Waals surface area (Å²) in [6.45, 7) is 9.55. The molecule has 0 saturated carbocycles. The molecule has 1 atom stereocenters. The molecular weight excluding hydrogens is 239 g/mol. The van der Waals surface area contributed by atoms with Crippen molar-refractivity contribution in [1.82, 2.24) is 0 Å². The Bertz CT molecular complexity index is 432. The summed E-state index contributed by atoms with van der Waals surface area (Å²) in [4.78, 5) is 0. The molecule has 0 radical (unpaired) electrons. The van der Waals surface area contributed by atoms with Crippen molar-refractivity contribution in [3.05, 3.63) is 33.4 Å². The second kappa shape index (κ2) is 4.92. The number of rotatable bonds is 2. The van der Waals surface area contributed by atoms with Crippen molar-refractivity contribution in [3.63, 3.8) is 0 Å². The molecule has 1 nitrogen and oxygen atoms in total. The molecule has 1 aromatic carbocycles. The van der Waals surface area contributed by atoms with E-state index in [1.54, 1.807) is 0 Å². The highest BCUT2D eigenvalue weighted by Crippen LogP contribution is 2.34. The highest BCUT2D eigenvalue weighted by atomic mass is 19.4. The van der Waals surface area contributed by atoms with Crippen LogP contribution in [0.25, 0.3) is 0 Å². The van der Waals surface area contributed by atoms with Crippen LogP contribution < -0.4 is 5.73 Å². The molecule has 0 spiro atoms. The summed E-state index contributed by atoms with van der Waals surface area (Å²) >= 11 is 0. The number of nitrogens with two attached hydrogens (primary N) is 1. The highest BCUT2D eigenvalue weighted by molar-refractivity contribution is 5.50. The van der Waals surface area contributed by atoms with Crippen molar-refractivity contribution in [3.8, 4) is 0 Å². The Kier molecular flexibility index (Phi) is 4.11. The molecule has 0 aliphatic carbocycles. The maximum absolute atomic E-state index is 12.5. The fourth-order valence-electron chi connectivity index (χ4n) is 2.44. The van der Waals surface area contributed by atoms with Crippen molar-refractivity contribution in [1.29, 1.82) is 0 Å². The topological polar surface area (TPSA) is 26.0 Å². The Labute approximate surface area is 106 Å². The molecule has 4 heteroatoms. The van der Waals surface area contributed by atoms with Crippen molar-refractivity contribution in [2.45, 2.75) is 53.3 Å². The van der Waals surface area contributed by atoms with Gasteiger partial charge in [-0.3, -0.25) is 0 Å². The summed E-state index contributed by atoms with van der Waals surface area (Å²) in [5.74, 6) is 0. The van der Waals surface area contributed by atoms with Gasteiger partial charge in [0.1, 0.15) is 0 Å². The van der Waals surface area contributed by atoms with Gasteiger partial charge in [0.15, 0.2) is 0 Å². The Hall–Kier alpha value is -1.03. The van der Waals surface area contributed by atoms with E-state index >= 15 is 0 Å². The molecule has 0 aromatic heterocycles. The zero-order valence-corrected chi connectivity index (χ0v) is 11.5. The minimum atomic E-state index is -4.23. The van der Waals surface area contributed by atoms with Crippen molar-refractivity contribution in [2.24, 2.45) is 5.73 Å². The van der Waals surface area contributed by atoms with Gasteiger partial charge in [-0.2, -0.15) is 13.2 Å². The maximum atomic E-state index is 12.5. The Morgan fingerprint density at radius 1 is 0.833 bits per heavy atom. The van der Waals surface area contributed by atoms with Crippen molar-refractivity contribution < 1.29 is 13.2 Å². The maximum Gasteiger partial charge on any atom is 0.390 e. The van der Waals surface area contributed by atoms with Crippen LogP contribution in [0, 0.1) is 34.6 Å². The smallest absolute Gasteiger partial charge is 0.324 e. The van der Waals surface area contributed by atoms with Crippen LogP contribution in [0.5, 0.6) is 0 Å². The lowest BCUT2D eigenvalue weighted by Gasteiger charge is -2.23. The summed E-state index contributed by atoms with van der Waals surface area (Å²) in [5.41, 5.74) is 11.4. The van der Waals surface area contributed by atoms with Crippen molar-refractivity contribution in [2.75, 3.05) is 0 Å². The summed E-state index contributed by atoms with van der Waals surface area (Å²) < 4.78 is 37.4. The molecule has 18 heavy (non-hydrogen) atoms. The fraction of sp³-hybridized carbons (Fsp3) is 0.571. The largest absolute Gasteiger partial charge is 0.390 e. The summed E-state index contributed by atoms with van der Waals surface area (Å²) in [5, 5.41) is 0. The normalized spacial score (nSPS) is 13.8. The predicted octanol–water partition coefficient (Wildman–Crippen LogP) is 4.18. The average Bonchev–Trinajstić information content (AvgIpc) is 2.21. The molecule has 0 aliphatic rings. The first kappa shape index (κ1) is 15.0. The number of hydrogen-bond acceptors (Lipinski definition) is 1. The van der Waals surface area contributed by atoms with Gasteiger partial charge >= 0.3 is 6.18 Å². The molecule has 102 valence electrons. The van der Waals surface area contributed by atoms with E-state index in [0.29, 0.717) is 5.56 Å². The van der Waals surface area contributed by atoms with Crippen LogP contribution in [0.4, 0.5) is 13.2 Å². The SMILES string of the molecule is Cc1c(C)c(C)c([C@@H](N)CC(F)(F)F)c(C)c1C. The molecule has 0 amide bonds. The van der Waals surface area contributed by atoms with Gasteiger partial charge in [-0.15, -0.1) is 0 Å². The Morgan fingerprint density at radius 3 is 1.50 bits per heavy atom. The third kappa shape index (κ3) is 2.86. The minimum absolute atomic E-state index is 0.646. The van der Waals surface area contributed by atoms with E-state index in [9.17, 15) is 13.2 Å². The van der Waals surface area contributed by atoms with Crippen LogP contribution in [-0.2, 0) is 0 Å². The van der Waals surface area contributed by atoms with Gasteiger partial charge in [0.05, 0.1) is 6.42 Å². The molecule has 1 aromatic rings. The Balaban J connectivity index is 3.33. The first-order valence-corrected chi connectivity index (χ1v) is 5.95. The van der Waals surface area contributed by atoms with Gasteiger partial charge in [-0.1, -0.05) is 0 Å². The second-order valence-electron chi connectivity index (χ2n) is 4.96. The third-order valence-corrected chi connectivity index (χ3v) is 3.88. The van der Waals surface area contributed by atoms with Crippen LogP contribution in [0.1, 0.15) is 45.8 Å². The lowest BCUT2D eigenvalue weighted by atomic mass is 9.85. The quantitative estimate of drug-likeness (QED) is 0.847. The molecule has 0 saturated heterocycles. The number of halogens is 3. The molecule has 0 heterocycles. The standard InChI is InChI=1S/C14H20F3N/c1-7-8(2)10(4)13(11(5)9(7)3)12(18)6-14(15,16)17/h12H,6,18H2,1-5H3/t12-/m0/s1. The zero-order chi connectivity index (χ0) is 14.2. The Morgan fingerprint density at radius 2 is 1.17 bits per heavy atom. The van der Waals surface area contributed by atoms with Crippen LogP contribution in [0.3, 0.4) is 0 Å². The van der Waals surface area contributed by atoms with Gasteiger partial charge in [0.25, 0.3) is 0 Å². The lowest BCUT2D eigenvalue weighted by molar-refractivity contribution is -0.138. The van der Waals surface area contributed by atoms with Crippen LogP contribution in [0.2, 0.25) is 0 Å². The van der Waals surface area contributed by atoms with Crippen LogP contribution >= 0.6 is 0 Å². The fourth-order valence-corrected chi connectivity index (χ4v) is 2.44. The number of hydrogen-bond donors (Lipinski definition) is 1. The number of alkyl halides is 3. The molecule has 1 rings (SSSR count). The zero-order valence-electron chi connectivity index (χ0n) is 11.5. The second-order valence-corrected chi connectivity index (χ2v) is 4.96. The van der Waals surface area contributed by atoms with E-state index in [-0.39, 0.29) is 0 Å². The van der Waals surface area contributed by atoms with Crippen molar-refractivity contribution >= 4 is 0 Å². The average molecular weight is 259 g/mol. The molecule has 0 fully saturated rings. The monoisotopic (exact) mass is 259 g/mol. The summed E-state index contributed by atoms with van der Waals surface area (Å²) in [6, 6.07) is -0.983. The van der Waals surface area contributed by atoms with Gasteiger partial charge in [0.2, 0.25) is 0 Å². The van der Waals surface area contributed by atoms with E-state index in [1.165, 1.54) is 0 Å². The van der Waals surface area contributed by atoms with E-state index in [0.717, 1.165) is 27.8 Å². The molecule has 0 aliphatic heterocycles. The summed E-state index contributed by atoms with van der Waals surface area (Å²) in [6.07, 6.45) is -5.21. The first-order valence-electron chi connectivity index (χ1n) is 5.95. The van der Waals surface area contributed by atoms with Crippen LogP contribution in [-0.4, -0.2) is 6.18 Å². The number of benzene rings is 1. The van der Waals surface area contributed by atoms with Gasteiger partial charge in [-0.25, -0.2) is 0 Å². The van der Waals surface area contributed by atoms with E-state index in [1.807, 2.05) is 34.6 Å². The van der Waals surface area contributed by atoms with Gasteiger partial charge < -0.3 is 5.73 Å². The lowest BCUT2D eigenvalue weighted by Crippen LogP contribution is -2.22. The molecule has 0 unspecified atom stereocenters. The minimum Gasteiger partial charge on any atom is -0.324 e. The highest BCUT2D eigenvalue weighted by Gasteiger charge is 2.32. The molecular formula is C14H20F3N. The van der Waals surface area contributed by atoms with Gasteiger partial charge in [-0.05, 0) is 68.0 Å². The third-order valence-electron chi connectivity index (χ3n) is 3.88. The van der Waals surface area contributed by atoms with Crippen LogP contribution in [0.15, 0.2) is 0 Å². The first-order chi connectivity index (χ1) is 8.06. The van der Waals surface area contributed by atoms with Gasteiger partial charge in [0, 0.05) is 6.04 Å². The molecule has 2 N–H and O–H groups in total. The molecule has 0 bridgehead atoms. The summed E-state index contributed by atoms with van der Waals surface area (Å²) in [7, 11) is 0. The van der Waals surface area contributed by atoms with E-state index < -0.39 is 18.6 Å².